The maximum Gasteiger partial charge on any atom is 0.308 e. The average Bonchev–Trinajstić information content (AvgIpc) is 2.47. The predicted octanol–water partition coefficient (Wildman–Crippen LogP) is 3.03. The highest BCUT2D eigenvalue weighted by Gasteiger charge is 2.35. The van der Waals surface area contributed by atoms with Gasteiger partial charge in [-0.3, -0.25) is 9.59 Å². The number of benzene rings is 1. The number of rotatable bonds is 4. The van der Waals surface area contributed by atoms with Crippen molar-refractivity contribution >= 4 is 11.9 Å². The SMILES string of the molecule is CC(CC(=O)N1CCC[C@H](C(=O)O)[C@@H]1C)c1ccccc1F. The number of amides is 1. The highest BCUT2D eigenvalue weighted by atomic mass is 19.1. The van der Waals surface area contributed by atoms with Crippen LogP contribution in [0.2, 0.25) is 0 Å². The van der Waals surface area contributed by atoms with Crippen molar-refractivity contribution in [3.8, 4) is 0 Å². The largest absolute Gasteiger partial charge is 0.481 e. The lowest BCUT2D eigenvalue weighted by Crippen LogP contribution is -2.49. The fourth-order valence-electron chi connectivity index (χ4n) is 3.19. The molecule has 1 unspecified atom stereocenters. The standard InChI is InChI=1S/C17H22FNO3/c1-11(13-6-3-4-8-15(13)18)10-16(20)19-9-5-7-14(12(19)2)17(21)22/h3-4,6,8,11-12,14H,5,7,9-10H2,1-2H3,(H,21,22)/t11?,12-,14-/m0/s1. The van der Waals surface area contributed by atoms with Gasteiger partial charge in [0.15, 0.2) is 0 Å². The van der Waals surface area contributed by atoms with Gasteiger partial charge in [0.05, 0.1) is 5.92 Å². The zero-order chi connectivity index (χ0) is 16.3. The average molecular weight is 307 g/mol. The number of hydrogen-bond acceptors (Lipinski definition) is 2. The van der Waals surface area contributed by atoms with Crippen molar-refractivity contribution in [1.29, 1.82) is 0 Å². The van der Waals surface area contributed by atoms with Gasteiger partial charge in [-0.05, 0) is 37.3 Å². The number of carbonyl (C=O) groups is 2. The Morgan fingerprint density at radius 1 is 1.41 bits per heavy atom. The first-order valence-corrected chi connectivity index (χ1v) is 7.68. The van der Waals surface area contributed by atoms with E-state index in [0.29, 0.717) is 24.9 Å². The molecule has 0 spiro atoms. The van der Waals surface area contributed by atoms with Gasteiger partial charge in [-0.15, -0.1) is 0 Å². The van der Waals surface area contributed by atoms with E-state index in [0.717, 1.165) is 0 Å². The summed E-state index contributed by atoms with van der Waals surface area (Å²) in [4.78, 5) is 25.4. The number of nitrogens with zero attached hydrogens (tertiary/aromatic N) is 1. The number of carboxylic acid groups (broad SMARTS) is 1. The van der Waals surface area contributed by atoms with E-state index in [2.05, 4.69) is 0 Å². The normalized spacial score (nSPS) is 23.1. The van der Waals surface area contributed by atoms with Crippen LogP contribution in [0, 0.1) is 11.7 Å². The molecule has 1 aliphatic heterocycles. The Kier molecular flexibility index (Phi) is 5.16. The molecule has 1 aromatic carbocycles. The van der Waals surface area contributed by atoms with Gasteiger partial charge in [-0.2, -0.15) is 0 Å². The van der Waals surface area contributed by atoms with Crippen LogP contribution in [0.15, 0.2) is 24.3 Å². The molecule has 3 atom stereocenters. The van der Waals surface area contributed by atoms with Crippen LogP contribution < -0.4 is 0 Å². The summed E-state index contributed by atoms with van der Waals surface area (Å²) in [7, 11) is 0. The van der Waals surface area contributed by atoms with Crippen molar-refractivity contribution in [3.63, 3.8) is 0 Å². The molecule has 0 bridgehead atoms. The Labute approximate surface area is 129 Å². The minimum Gasteiger partial charge on any atom is -0.481 e. The topological polar surface area (TPSA) is 57.6 Å². The van der Waals surface area contributed by atoms with Crippen molar-refractivity contribution in [2.75, 3.05) is 6.54 Å². The first kappa shape index (κ1) is 16.5. The zero-order valence-corrected chi connectivity index (χ0v) is 13.0. The Morgan fingerprint density at radius 2 is 2.09 bits per heavy atom. The molecule has 1 N–H and O–H groups in total. The highest BCUT2D eigenvalue weighted by molar-refractivity contribution is 5.79. The van der Waals surface area contributed by atoms with Crippen molar-refractivity contribution in [1.82, 2.24) is 4.90 Å². The molecule has 1 heterocycles. The van der Waals surface area contributed by atoms with Crippen molar-refractivity contribution in [3.05, 3.63) is 35.6 Å². The molecule has 1 aromatic rings. The Hall–Kier alpha value is -1.91. The van der Waals surface area contributed by atoms with Crippen molar-refractivity contribution in [2.24, 2.45) is 5.92 Å². The van der Waals surface area contributed by atoms with Gasteiger partial charge >= 0.3 is 5.97 Å². The minimum absolute atomic E-state index is 0.103. The molecule has 2 rings (SSSR count). The lowest BCUT2D eigenvalue weighted by atomic mass is 9.89. The molecule has 0 aromatic heterocycles. The second-order valence-corrected chi connectivity index (χ2v) is 6.04. The summed E-state index contributed by atoms with van der Waals surface area (Å²) in [6.07, 6.45) is 1.49. The number of halogens is 1. The molecule has 0 aliphatic carbocycles. The second-order valence-electron chi connectivity index (χ2n) is 6.04. The van der Waals surface area contributed by atoms with Crippen LogP contribution in [0.5, 0.6) is 0 Å². The lowest BCUT2D eigenvalue weighted by molar-refractivity contribution is -0.149. The van der Waals surface area contributed by atoms with Crippen molar-refractivity contribution < 1.29 is 19.1 Å². The van der Waals surface area contributed by atoms with Crippen LogP contribution in [-0.4, -0.2) is 34.5 Å². The number of carboxylic acids is 1. The zero-order valence-electron chi connectivity index (χ0n) is 13.0. The summed E-state index contributed by atoms with van der Waals surface area (Å²) in [5.41, 5.74) is 0.523. The van der Waals surface area contributed by atoms with E-state index in [1.807, 2.05) is 6.92 Å². The van der Waals surface area contributed by atoms with Crippen LogP contribution in [0.3, 0.4) is 0 Å². The molecule has 1 amide bonds. The van der Waals surface area contributed by atoms with Gasteiger partial charge < -0.3 is 10.0 Å². The molecular formula is C17H22FNO3. The smallest absolute Gasteiger partial charge is 0.308 e. The van der Waals surface area contributed by atoms with Crippen LogP contribution in [-0.2, 0) is 9.59 Å². The third-order valence-electron chi connectivity index (χ3n) is 4.54. The Bertz CT molecular complexity index is 561. The number of piperidine rings is 1. The van der Waals surface area contributed by atoms with Crippen LogP contribution in [0.1, 0.15) is 44.6 Å². The third-order valence-corrected chi connectivity index (χ3v) is 4.54. The van der Waals surface area contributed by atoms with Gasteiger partial charge in [-0.25, -0.2) is 4.39 Å². The fourth-order valence-corrected chi connectivity index (χ4v) is 3.19. The fraction of sp³-hybridized carbons (Fsp3) is 0.529. The van der Waals surface area contributed by atoms with E-state index in [9.17, 15) is 19.1 Å². The maximum atomic E-state index is 13.8. The maximum absolute atomic E-state index is 13.8. The molecule has 4 nitrogen and oxygen atoms in total. The second kappa shape index (κ2) is 6.90. The van der Waals surface area contributed by atoms with E-state index in [-0.39, 0.29) is 30.1 Å². The number of hydrogen-bond donors (Lipinski definition) is 1. The first-order valence-electron chi connectivity index (χ1n) is 7.68. The van der Waals surface area contributed by atoms with Gasteiger partial charge in [0, 0.05) is 19.0 Å². The molecule has 1 aliphatic rings. The van der Waals surface area contributed by atoms with Crippen LogP contribution >= 0.6 is 0 Å². The van der Waals surface area contributed by atoms with Crippen LogP contribution in [0.25, 0.3) is 0 Å². The van der Waals surface area contributed by atoms with Gasteiger partial charge in [0.2, 0.25) is 5.91 Å². The van der Waals surface area contributed by atoms with Crippen LogP contribution in [0.4, 0.5) is 4.39 Å². The van der Waals surface area contributed by atoms with Gasteiger partial charge in [-0.1, -0.05) is 25.1 Å². The predicted molar refractivity (Wildman–Crippen MR) is 81.0 cm³/mol. The summed E-state index contributed by atoms with van der Waals surface area (Å²) < 4.78 is 13.8. The van der Waals surface area contributed by atoms with E-state index in [1.54, 1.807) is 30.0 Å². The molecule has 22 heavy (non-hydrogen) atoms. The summed E-state index contributed by atoms with van der Waals surface area (Å²) in [5, 5.41) is 9.22. The number of aliphatic carboxylic acids is 1. The molecule has 5 heteroatoms. The molecule has 0 radical (unpaired) electrons. The molecule has 1 fully saturated rings. The summed E-state index contributed by atoms with van der Waals surface area (Å²) in [5.74, 6) is -2.01. The lowest BCUT2D eigenvalue weighted by Gasteiger charge is -2.38. The first-order chi connectivity index (χ1) is 10.4. The third kappa shape index (κ3) is 3.46. The summed E-state index contributed by atoms with van der Waals surface area (Å²) in [6.45, 7) is 4.18. The quantitative estimate of drug-likeness (QED) is 0.930. The summed E-state index contributed by atoms with van der Waals surface area (Å²) in [6, 6.07) is 6.14. The summed E-state index contributed by atoms with van der Waals surface area (Å²) >= 11 is 0. The number of carbonyl (C=O) groups excluding carboxylic acids is 1. The monoisotopic (exact) mass is 307 g/mol. The van der Waals surface area contributed by atoms with E-state index >= 15 is 0 Å². The Balaban J connectivity index is 2.05. The van der Waals surface area contributed by atoms with E-state index in [1.165, 1.54) is 6.07 Å². The Morgan fingerprint density at radius 3 is 2.73 bits per heavy atom. The molecule has 0 saturated carbocycles. The van der Waals surface area contributed by atoms with Crippen molar-refractivity contribution in [2.45, 2.75) is 45.1 Å². The molecular weight excluding hydrogens is 285 g/mol. The number of likely N-dealkylation sites (tertiary alicyclic amines) is 1. The van der Waals surface area contributed by atoms with Gasteiger partial charge in [0.1, 0.15) is 5.82 Å². The van der Waals surface area contributed by atoms with E-state index in [4.69, 9.17) is 0 Å². The highest BCUT2D eigenvalue weighted by Crippen LogP contribution is 2.27. The van der Waals surface area contributed by atoms with E-state index < -0.39 is 11.9 Å². The molecule has 1 saturated heterocycles. The van der Waals surface area contributed by atoms with Gasteiger partial charge in [0.25, 0.3) is 0 Å². The minimum atomic E-state index is -0.854. The molecule has 120 valence electrons.